The van der Waals surface area contributed by atoms with E-state index in [4.69, 9.17) is 4.74 Å². The van der Waals surface area contributed by atoms with Gasteiger partial charge in [0.1, 0.15) is 6.54 Å². The summed E-state index contributed by atoms with van der Waals surface area (Å²) in [6.07, 6.45) is 2.60. The van der Waals surface area contributed by atoms with Crippen molar-refractivity contribution in [2.24, 2.45) is 0 Å². The zero-order chi connectivity index (χ0) is 13.5. The van der Waals surface area contributed by atoms with Crippen LogP contribution in [0.25, 0.3) is 0 Å². The number of carbonyl (C=O) groups is 1. The van der Waals surface area contributed by atoms with Crippen molar-refractivity contribution in [1.29, 1.82) is 0 Å². The van der Waals surface area contributed by atoms with E-state index < -0.39 is 0 Å². The van der Waals surface area contributed by atoms with Gasteiger partial charge in [-0.05, 0) is 19.9 Å². The summed E-state index contributed by atoms with van der Waals surface area (Å²) in [4.78, 5) is 14.0. The third-order valence-corrected chi connectivity index (χ3v) is 3.18. The molecule has 2 heterocycles. The normalized spacial score (nSPS) is 16.5. The summed E-state index contributed by atoms with van der Waals surface area (Å²) in [5.74, 6) is -0.0180. The number of nitrogens with zero attached hydrogens (tertiary/aromatic N) is 4. The van der Waals surface area contributed by atoms with E-state index in [0.717, 1.165) is 45.0 Å². The molecule has 0 saturated carbocycles. The van der Waals surface area contributed by atoms with Crippen LogP contribution >= 0.6 is 0 Å². The van der Waals surface area contributed by atoms with Crippen molar-refractivity contribution in [3.8, 4) is 0 Å². The standard InChI is InChI=1S/C12H21N5O2/c1-11-9-14-15-17(11)10-12(18)13-3-2-4-16-5-7-19-8-6-16/h9H,2-8,10H2,1H3,(H,13,18). The molecule has 1 fully saturated rings. The van der Waals surface area contributed by atoms with Gasteiger partial charge < -0.3 is 10.1 Å². The van der Waals surface area contributed by atoms with Crippen LogP contribution in [0.3, 0.4) is 0 Å². The summed E-state index contributed by atoms with van der Waals surface area (Å²) in [7, 11) is 0. The second-order valence-corrected chi connectivity index (χ2v) is 4.69. The molecule has 7 nitrogen and oxygen atoms in total. The lowest BCUT2D eigenvalue weighted by molar-refractivity contribution is -0.121. The van der Waals surface area contributed by atoms with Crippen molar-refractivity contribution in [3.05, 3.63) is 11.9 Å². The summed E-state index contributed by atoms with van der Waals surface area (Å²) in [6, 6.07) is 0. The van der Waals surface area contributed by atoms with Crippen LogP contribution in [0.1, 0.15) is 12.1 Å². The molecule has 1 saturated heterocycles. The number of aryl methyl sites for hydroxylation is 1. The first-order chi connectivity index (χ1) is 9.25. The molecule has 1 aliphatic heterocycles. The number of hydrogen-bond donors (Lipinski definition) is 1. The van der Waals surface area contributed by atoms with E-state index in [0.29, 0.717) is 6.54 Å². The van der Waals surface area contributed by atoms with Gasteiger partial charge in [0.15, 0.2) is 0 Å². The summed E-state index contributed by atoms with van der Waals surface area (Å²) in [6.45, 7) is 7.44. The highest BCUT2D eigenvalue weighted by atomic mass is 16.5. The van der Waals surface area contributed by atoms with E-state index in [9.17, 15) is 4.79 Å². The fourth-order valence-corrected chi connectivity index (χ4v) is 2.01. The third-order valence-electron chi connectivity index (χ3n) is 3.18. The van der Waals surface area contributed by atoms with Crippen molar-refractivity contribution in [3.63, 3.8) is 0 Å². The Labute approximate surface area is 112 Å². The number of rotatable bonds is 6. The highest BCUT2D eigenvalue weighted by Crippen LogP contribution is 1.97. The number of aromatic nitrogens is 3. The molecule has 0 bridgehead atoms. The molecule has 0 aliphatic carbocycles. The van der Waals surface area contributed by atoms with Crippen molar-refractivity contribution in [2.75, 3.05) is 39.4 Å². The highest BCUT2D eigenvalue weighted by molar-refractivity contribution is 5.75. The fourth-order valence-electron chi connectivity index (χ4n) is 2.01. The number of carbonyl (C=O) groups excluding carboxylic acids is 1. The zero-order valence-electron chi connectivity index (χ0n) is 11.3. The summed E-state index contributed by atoms with van der Waals surface area (Å²) in [5.41, 5.74) is 0.892. The van der Waals surface area contributed by atoms with Crippen LogP contribution in [0, 0.1) is 6.92 Å². The molecule has 106 valence electrons. The molecule has 1 amide bonds. The first-order valence-corrected chi connectivity index (χ1v) is 6.67. The average molecular weight is 267 g/mol. The molecule has 0 aromatic carbocycles. The Morgan fingerprint density at radius 1 is 1.47 bits per heavy atom. The van der Waals surface area contributed by atoms with E-state index in [1.165, 1.54) is 0 Å². The molecular weight excluding hydrogens is 246 g/mol. The molecule has 1 N–H and O–H groups in total. The van der Waals surface area contributed by atoms with Crippen LogP contribution in [0.4, 0.5) is 0 Å². The van der Waals surface area contributed by atoms with Crippen molar-refractivity contribution in [2.45, 2.75) is 19.9 Å². The van der Waals surface area contributed by atoms with E-state index in [1.807, 2.05) is 6.92 Å². The summed E-state index contributed by atoms with van der Waals surface area (Å²) in [5, 5.41) is 10.5. The number of ether oxygens (including phenoxy) is 1. The molecule has 1 aliphatic rings. The monoisotopic (exact) mass is 267 g/mol. The number of nitrogens with one attached hydrogen (secondary N) is 1. The maximum absolute atomic E-state index is 11.7. The zero-order valence-corrected chi connectivity index (χ0v) is 11.3. The molecule has 1 aromatic heterocycles. The molecule has 0 radical (unpaired) electrons. The Morgan fingerprint density at radius 2 is 2.26 bits per heavy atom. The molecule has 1 aromatic rings. The van der Waals surface area contributed by atoms with Crippen LogP contribution in [0.5, 0.6) is 0 Å². The lowest BCUT2D eigenvalue weighted by Gasteiger charge is -2.26. The number of hydrogen-bond acceptors (Lipinski definition) is 5. The van der Waals surface area contributed by atoms with Gasteiger partial charge in [0.05, 0.1) is 25.1 Å². The highest BCUT2D eigenvalue weighted by Gasteiger charge is 2.10. The third kappa shape index (κ3) is 4.60. The van der Waals surface area contributed by atoms with Crippen LogP contribution in [-0.4, -0.2) is 65.2 Å². The Bertz CT molecular complexity index is 401. The van der Waals surface area contributed by atoms with Gasteiger partial charge in [-0.3, -0.25) is 9.69 Å². The van der Waals surface area contributed by atoms with Crippen molar-refractivity contribution in [1.82, 2.24) is 25.2 Å². The molecule has 19 heavy (non-hydrogen) atoms. The minimum Gasteiger partial charge on any atom is -0.379 e. The Hall–Kier alpha value is -1.47. The largest absolute Gasteiger partial charge is 0.379 e. The van der Waals surface area contributed by atoms with Crippen LogP contribution in [0.15, 0.2) is 6.20 Å². The van der Waals surface area contributed by atoms with Gasteiger partial charge in [0.2, 0.25) is 5.91 Å². The van der Waals surface area contributed by atoms with Crippen molar-refractivity contribution < 1.29 is 9.53 Å². The van der Waals surface area contributed by atoms with Crippen LogP contribution < -0.4 is 5.32 Å². The van der Waals surface area contributed by atoms with Gasteiger partial charge >= 0.3 is 0 Å². The predicted octanol–water partition coefficient (Wildman–Crippen LogP) is -0.575. The first kappa shape index (κ1) is 14.0. The molecule has 0 unspecified atom stereocenters. The van der Waals surface area contributed by atoms with E-state index >= 15 is 0 Å². The minimum absolute atomic E-state index is 0.0180. The second kappa shape index (κ2) is 7.20. The van der Waals surface area contributed by atoms with Gasteiger partial charge in [0.25, 0.3) is 0 Å². The SMILES string of the molecule is Cc1cnnn1CC(=O)NCCCN1CCOCC1. The molecule has 7 heteroatoms. The maximum Gasteiger partial charge on any atom is 0.241 e. The molecule has 0 spiro atoms. The lowest BCUT2D eigenvalue weighted by atomic mass is 10.3. The molecular formula is C12H21N5O2. The lowest BCUT2D eigenvalue weighted by Crippen LogP contribution is -2.38. The van der Waals surface area contributed by atoms with E-state index in [-0.39, 0.29) is 12.5 Å². The topological polar surface area (TPSA) is 72.3 Å². The summed E-state index contributed by atoms with van der Waals surface area (Å²) >= 11 is 0. The first-order valence-electron chi connectivity index (χ1n) is 6.67. The summed E-state index contributed by atoms with van der Waals surface area (Å²) < 4.78 is 6.88. The number of morpholine rings is 1. The molecule has 0 atom stereocenters. The predicted molar refractivity (Wildman–Crippen MR) is 69.6 cm³/mol. The fraction of sp³-hybridized carbons (Fsp3) is 0.750. The van der Waals surface area contributed by atoms with Gasteiger partial charge in [-0.15, -0.1) is 5.10 Å². The second-order valence-electron chi connectivity index (χ2n) is 4.69. The quantitative estimate of drug-likeness (QED) is 0.699. The van der Waals surface area contributed by atoms with Gasteiger partial charge in [-0.2, -0.15) is 0 Å². The molecule has 2 rings (SSSR count). The van der Waals surface area contributed by atoms with Gasteiger partial charge in [-0.1, -0.05) is 5.21 Å². The average Bonchev–Trinajstić information content (AvgIpc) is 2.82. The maximum atomic E-state index is 11.7. The Kier molecular flexibility index (Phi) is 5.29. The Balaban J connectivity index is 1.57. The van der Waals surface area contributed by atoms with E-state index in [2.05, 4.69) is 20.5 Å². The van der Waals surface area contributed by atoms with Gasteiger partial charge in [0, 0.05) is 19.6 Å². The van der Waals surface area contributed by atoms with Crippen LogP contribution in [0.2, 0.25) is 0 Å². The van der Waals surface area contributed by atoms with Crippen LogP contribution in [-0.2, 0) is 16.1 Å². The number of amides is 1. The van der Waals surface area contributed by atoms with Crippen molar-refractivity contribution >= 4 is 5.91 Å². The van der Waals surface area contributed by atoms with Gasteiger partial charge in [-0.25, -0.2) is 4.68 Å². The smallest absolute Gasteiger partial charge is 0.241 e. The van der Waals surface area contributed by atoms with E-state index in [1.54, 1.807) is 10.9 Å². The Morgan fingerprint density at radius 3 is 2.95 bits per heavy atom. The minimum atomic E-state index is -0.0180.